The molecule has 1 aromatic heterocycles. The largest absolute Gasteiger partial charge is 0.497 e. The number of ether oxygens (including phenoxy) is 1. The zero-order valence-corrected chi connectivity index (χ0v) is 18.2. The molecule has 0 saturated carbocycles. The lowest BCUT2D eigenvalue weighted by atomic mass is 9.96. The lowest BCUT2D eigenvalue weighted by molar-refractivity contribution is 0.249. The number of nitrogens with zero attached hydrogens (tertiary/aromatic N) is 3. The quantitative estimate of drug-likeness (QED) is 0.630. The number of hydrogen-bond acceptors (Lipinski definition) is 5. The van der Waals surface area contributed by atoms with E-state index in [2.05, 4.69) is 67.1 Å². The molecule has 0 amide bonds. The fourth-order valence-corrected chi connectivity index (χ4v) is 4.19. The van der Waals surface area contributed by atoms with Crippen molar-refractivity contribution in [2.45, 2.75) is 32.5 Å². The fourth-order valence-electron chi connectivity index (χ4n) is 4.19. The molecule has 2 N–H and O–H groups in total. The first kappa shape index (κ1) is 20.6. The number of nitrogens with one attached hydrogen (secondary N) is 2. The Bertz CT molecular complexity index is 961. The van der Waals surface area contributed by atoms with Crippen molar-refractivity contribution in [1.29, 1.82) is 0 Å². The van der Waals surface area contributed by atoms with Crippen LogP contribution < -0.4 is 15.6 Å². The second-order valence-corrected chi connectivity index (χ2v) is 8.24. The van der Waals surface area contributed by atoms with Crippen molar-refractivity contribution in [2.24, 2.45) is 5.92 Å². The highest BCUT2D eigenvalue weighted by atomic mass is 16.5. The van der Waals surface area contributed by atoms with Gasteiger partial charge in [0, 0.05) is 48.4 Å². The summed E-state index contributed by atoms with van der Waals surface area (Å²) in [6.45, 7) is 6.32. The molecule has 1 fully saturated rings. The molecule has 0 aliphatic carbocycles. The lowest BCUT2D eigenvalue weighted by Crippen LogP contribution is -2.35. The first-order valence-electron chi connectivity index (χ1n) is 10.5. The number of para-hydroxylation sites is 1. The van der Waals surface area contributed by atoms with Crippen LogP contribution in [0.15, 0.2) is 60.8 Å². The van der Waals surface area contributed by atoms with Crippen molar-refractivity contribution in [2.75, 3.05) is 20.7 Å². The van der Waals surface area contributed by atoms with E-state index in [4.69, 9.17) is 9.84 Å². The molecule has 6 nitrogen and oxygen atoms in total. The molecule has 6 heteroatoms. The molecule has 30 heavy (non-hydrogen) atoms. The van der Waals surface area contributed by atoms with Crippen LogP contribution in [-0.4, -0.2) is 47.5 Å². The van der Waals surface area contributed by atoms with Crippen LogP contribution in [0.1, 0.15) is 19.4 Å². The van der Waals surface area contributed by atoms with E-state index in [1.165, 1.54) is 5.56 Å². The van der Waals surface area contributed by atoms with Crippen LogP contribution in [0.3, 0.4) is 0 Å². The summed E-state index contributed by atoms with van der Waals surface area (Å²) in [4.78, 5) is 2.39. The molecule has 0 radical (unpaired) electrons. The number of benzene rings is 2. The summed E-state index contributed by atoms with van der Waals surface area (Å²) in [5.41, 5.74) is 11.0. The van der Waals surface area contributed by atoms with Crippen LogP contribution in [0.25, 0.3) is 16.9 Å². The van der Waals surface area contributed by atoms with Gasteiger partial charge < -0.3 is 9.64 Å². The predicted molar refractivity (Wildman–Crippen MR) is 121 cm³/mol. The SMILES string of the molecule is COc1cccc(-c2nn(-c3ccccc3)cc2CN(C)CC2C(C)NNC2C)c1. The molecule has 3 aromatic rings. The van der Waals surface area contributed by atoms with Crippen molar-refractivity contribution in [1.82, 2.24) is 25.5 Å². The van der Waals surface area contributed by atoms with Crippen molar-refractivity contribution < 1.29 is 4.74 Å². The smallest absolute Gasteiger partial charge is 0.119 e. The van der Waals surface area contributed by atoms with Gasteiger partial charge in [-0.3, -0.25) is 10.9 Å². The summed E-state index contributed by atoms with van der Waals surface area (Å²) >= 11 is 0. The average Bonchev–Trinajstić information content (AvgIpc) is 3.33. The zero-order valence-electron chi connectivity index (χ0n) is 18.2. The van der Waals surface area contributed by atoms with Gasteiger partial charge in [0.05, 0.1) is 18.5 Å². The van der Waals surface area contributed by atoms with Gasteiger partial charge in [0.2, 0.25) is 0 Å². The maximum atomic E-state index is 5.44. The maximum Gasteiger partial charge on any atom is 0.119 e. The van der Waals surface area contributed by atoms with E-state index >= 15 is 0 Å². The van der Waals surface area contributed by atoms with E-state index in [9.17, 15) is 0 Å². The Hall–Kier alpha value is -2.67. The van der Waals surface area contributed by atoms with E-state index in [1.54, 1.807) is 7.11 Å². The molecule has 4 rings (SSSR count). The topological polar surface area (TPSA) is 54.4 Å². The van der Waals surface area contributed by atoms with Crippen molar-refractivity contribution in [3.05, 3.63) is 66.4 Å². The lowest BCUT2D eigenvalue weighted by Gasteiger charge is -2.25. The van der Waals surface area contributed by atoms with Gasteiger partial charge in [-0.1, -0.05) is 30.3 Å². The Balaban J connectivity index is 1.64. The second kappa shape index (κ2) is 9.00. The molecule has 2 heterocycles. The average molecular weight is 406 g/mol. The summed E-state index contributed by atoms with van der Waals surface area (Å²) in [6, 6.07) is 19.3. The minimum atomic E-state index is 0.451. The van der Waals surface area contributed by atoms with E-state index in [0.717, 1.165) is 35.8 Å². The van der Waals surface area contributed by atoms with Crippen LogP contribution in [0.5, 0.6) is 5.75 Å². The van der Waals surface area contributed by atoms with Crippen LogP contribution in [0, 0.1) is 5.92 Å². The van der Waals surface area contributed by atoms with Crippen LogP contribution in [0.2, 0.25) is 0 Å². The minimum absolute atomic E-state index is 0.451. The molecule has 0 spiro atoms. The number of aromatic nitrogens is 2. The normalized spacial score (nSPS) is 21.3. The summed E-state index contributed by atoms with van der Waals surface area (Å²) in [5, 5.41) is 4.95. The highest BCUT2D eigenvalue weighted by Gasteiger charge is 2.30. The second-order valence-electron chi connectivity index (χ2n) is 8.24. The van der Waals surface area contributed by atoms with Gasteiger partial charge in [-0.2, -0.15) is 5.10 Å². The third-order valence-electron chi connectivity index (χ3n) is 5.94. The highest BCUT2D eigenvalue weighted by Crippen LogP contribution is 2.28. The Morgan fingerprint density at radius 2 is 1.77 bits per heavy atom. The Morgan fingerprint density at radius 3 is 2.47 bits per heavy atom. The Morgan fingerprint density at radius 1 is 1.03 bits per heavy atom. The van der Waals surface area contributed by atoms with Gasteiger partial charge in [-0.15, -0.1) is 0 Å². The molecule has 1 aliphatic heterocycles. The molecule has 2 aromatic carbocycles. The first-order valence-corrected chi connectivity index (χ1v) is 10.5. The minimum Gasteiger partial charge on any atom is -0.497 e. The number of rotatable bonds is 7. The van der Waals surface area contributed by atoms with Crippen molar-refractivity contribution in [3.8, 4) is 22.7 Å². The van der Waals surface area contributed by atoms with Gasteiger partial charge in [-0.25, -0.2) is 4.68 Å². The van der Waals surface area contributed by atoms with Crippen LogP contribution in [-0.2, 0) is 6.54 Å². The van der Waals surface area contributed by atoms with E-state index in [1.807, 2.05) is 35.0 Å². The standard InChI is InChI=1S/C24H31N5O/c1-17-23(18(2)26-25-17)16-28(3)14-20-15-29(21-10-6-5-7-11-21)27-24(20)19-9-8-12-22(13-19)30-4/h5-13,15,17-18,23,25-26H,14,16H2,1-4H3. The number of hydrazine groups is 1. The molecular formula is C24H31N5O. The van der Waals surface area contributed by atoms with Gasteiger partial charge in [-0.05, 0) is 45.2 Å². The third-order valence-corrected chi connectivity index (χ3v) is 5.94. The first-order chi connectivity index (χ1) is 14.5. The van der Waals surface area contributed by atoms with E-state index < -0.39 is 0 Å². The van der Waals surface area contributed by atoms with Crippen LogP contribution in [0.4, 0.5) is 0 Å². The van der Waals surface area contributed by atoms with Crippen molar-refractivity contribution in [3.63, 3.8) is 0 Å². The van der Waals surface area contributed by atoms with Crippen molar-refractivity contribution >= 4 is 0 Å². The number of hydrogen-bond donors (Lipinski definition) is 2. The van der Waals surface area contributed by atoms with Gasteiger partial charge in [0.25, 0.3) is 0 Å². The molecule has 0 bridgehead atoms. The van der Waals surface area contributed by atoms with Gasteiger partial charge in [0.1, 0.15) is 5.75 Å². The monoisotopic (exact) mass is 405 g/mol. The molecule has 1 aliphatic rings. The van der Waals surface area contributed by atoms with Crippen LogP contribution >= 0.6 is 0 Å². The molecule has 158 valence electrons. The highest BCUT2D eigenvalue weighted by molar-refractivity contribution is 5.65. The summed E-state index contributed by atoms with van der Waals surface area (Å²) in [5.74, 6) is 1.39. The summed E-state index contributed by atoms with van der Waals surface area (Å²) in [7, 11) is 3.88. The van der Waals surface area contributed by atoms with E-state index in [0.29, 0.717) is 18.0 Å². The number of methoxy groups -OCH3 is 1. The Kier molecular flexibility index (Phi) is 6.18. The summed E-state index contributed by atoms with van der Waals surface area (Å²) in [6.07, 6.45) is 2.15. The van der Waals surface area contributed by atoms with Gasteiger partial charge >= 0.3 is 0 Å². The maximum absolute atomic E-state index is 5.44. The zero-order chi connectivity index (χ0) is 21.1. The fraction of sp³-hybridized carbons (Fsp3) is 0.375. The predicted octanol–water partition coefficient (Wildman–Crippen LogP) is 3.48. The molecule has 2 unspecified atom stereocenters. The van der Waals surface area contributed by atoms with E-state index in [-0.39, 0.29) is 0 Å². The molecule has 1 saturated heterocycles. The molecule has 2 atom stereocenters. The summed E-state index contributed by atoms with van der Waals surface area (Å²) < 4.78 is 7.42. The van der Waals surface area contributed by atoms with Gasteiger partial charge in [0.15, 0.2) is 0 Å². The Labute approximate surface area is 178 Å². The third kappa shape index (κ3) is 4.41. The molecular weight excluding hydrogens is 374 g/mol.